The Morgan fingerprint density at radius 3 is 2.47 bits per heavy atom. The molecule has 2 aromatic rings. The number of allylic oxidation sites excluding steroid dienone is 1. The molecule has 1 aliphatic heterocycles. The van der Waals surface area contributed by atoms with Gasteiger partial charge in [-0.25, -0.2) is 0 Å². The van der Waals surface area contributed by atoms with Crippen molar-refractivity contribution in [2.24, 2.45) is 5.41 Å². The first-order valence-corrected chi connectivity index (χ1v) is 11.6. The standard InChI is InChI=1S/C24H25Cl3N2O5/c1-24(2,3)22-20(23(32)28-8-9-33-18-7-5-14(25)12-17(18)27)21(29-34-22)15-6-4-13(10-16(15)26)11-19(30)31/h4-7,10,12,21,29H,8-9,11H2,1-3H3,(H,28,32)(H,30,31). The number of carbonyl (C=O) groups is 2. The molecular formula is C24H25Cl3N2O5. The number of hydrogen-bond acceptors (Lipinski definition) is 5. The van der Waals surface area contributed by atoms with Crippen LogP contribution in [0.4, 0.5) is 0 Å². The highest BCUT2D eigenvalue weighted by atomic mass is 35.5. The SMILES string of the molecule is CC(C)(C)C1=C(C(=O)NCCOc2ccc(Cl)cc2Cl)C(c2ccc(CC(=O)O)cc2Cl)NO1. The van der Waals surface area contributed by atoms with Gasteiger partial charge in [-0.05, 0) is 35.4 Å². The average molecular weight is 528 g/mol. The van der Waals surface area contributed by atoms with E-state index >= 15 is 0 Å². The number of halogens is 3. The third-order valence-electron chi connectivity index (χ3n) is 5.01. The Balaban J connectivity index is 1.76. The van der Waals surface area contributed by atoms with Crippen LogP contribution in [0.1, 0.15) is 37.9 Å². The molecule has 0 spiro atoms. The fourth-order valence-corrected chi connectivity index (χ4v) is 4.25. The van der Waals surface area contributed by atoms with E-state index in [1.165, 1.54) is 0 Å². The van der Waals surface area contributed by atoms with E-state index in [1.807, 2.05) is 20.8 Å². The molecule has 0 bridgehead atoms. The van der Waals surface area contributed by atoms with Crippen molar-refractivity contribution in [3.05, 3.63) is 73.9 Å². The van der Waals surface area contributed by atoms with Gasteiger partial charge in [-0.1, -0.05) is 67.7 Å². The van der Waals surface area contributed by atoms with Gasteiger partial charge in [0.2, 0.25) is 0 Å². The molecule has 1 amide bonds. The van der Waals surface area contributed by atoms with E-state index in [9.17, 15) is 9.59 Å². The van der Waals surface area contributed by atoms with Crippen LogP contribution in [0, 0.1) is 5.41 Å². The van der Waals surface area contributed by atoms with Crippen LogP contribution in [0.2, 0.25) is 15.1 Å². The molecule has 10 heteroatoms. The molecule has 0 aromatic heterocycles. The topological polar surface area (TPSA) is 96.9 Å². The first kappa shape index (κ1) is 26.2. The molecule has 0 saturated heterocycles. The molecule has 1 atom stereocenters. The highest BCUT2D eigenvalue weighted by Crippen LogP contribution is 2.41. The summed E-state index contributed by atoms with van der Waals surface area (Å²) in [6, 6.07) is 9.23. The van der Waals surface area contributed by atoms with Crippen molar-refractivity contribution in [3.63, 3.8) is 0 Å². The summed E-state index contributed by atoms with van der Waals surface area (Å²) in [5.74, 6) is -0.339. The van der Waals surface area contributed by atoms with E-state index in [-0.39, 0.29) is 25.5 Å². The Kier molecular flexibility index (Phi) is 8.36. The van der Waals surface area contributed by atoms with Crippen LogP contribution in [0.3, 0.4) is 0 Å². The van der Waals surface area contributed by atoms with Crippen molar-refractivity contribution in [2.45, 2.75) is 33.2 Å². The number of benzene rings is 2. The summed E-state index contributed by atoms with van der Waals surface area (Å²) in [5.41, 5.74) is 3.99. The van der Waals surface area contributed by atoms with Crippen LogP contribution in [-0.4, -0.2) is 30.1 Å². The lowest BCUT2D eigenvalue weighted by Crippen LogP contribution is -2.33. The van der Waals surface area contributed by atoms with Crippen molar-refractivity contribution in [2.75, 3.05) is 13.2 Å². The zero-order valence-electron chi connectivity index (χ0n) is 18.9. The number of amides is 1. The second-order valence-electron chi connectivity index (χ2n) is 8.75. The minimum atomic E-state index is -0.955. The van der Waals surface area contributed by atoms with E-state index in [2.05, 4.69) is 10.8 Å². The maximum Gasteiger partial charge on any atom is 0.307 e. The minimum Gasteiger partial charge on any atom is -0.490 e. The van der Waals surface area contributed by atoms with Crippen molar-refractivity contribution >= 4 is 46.7 Å². The van der Waals surface area contributed by atoms with Crippen LogP contribution in [0.25, 0.3) is 0 Å². The molecule has 2 aromatic carbocycles. The summed E-state index contributed by atoms with van der Waals surface area (Å²) < 4.78 is 5.64. The molecule has 1 unspecified atom stereocenters. The van der Waals surface area contributed by atoms with Crippen molar-refractivity contribution in [3.8, 4) is 5.75 Å². The summed E-state index contributed by atoms with van der Waals surface area (Å²) in [6.45, 7) is 6.21. The summed E-state index contributed by atoms with van der Waals surface area (Å²) in [5, 5.41) is 13.1. The summed E-state index contributed by atoms with van der Waals surface area (Å²) in [4.78, 5) is 30.0. The number of ether oxygens (including phenoxy) is 1. The quantitative estimate of drug-likeness (QED) is 0.401. The first-order valence-electron chi connectivity index (χ1n) is 10.5. The van der Waals surface area contributed by atoms with Gasteiger partial charge in [0.25, 0.3) is 5.91 Å². The summed E-state index contributed by atoms with van der Waals surface area (Å²) >= 11 is 18.5. The number of carbonyl (C=O) groups excluding carboxylic acids is 1. The van der Waals surface area contributed by atoms with Gasteiger partial charge in [0.1, 0.15) is 24.2 Å². The van der Waals surface area contributed by atoms with E-state index in [1.54, 1.807) is 36.4 Å². The molecule has 7 nitrogen and oxygen atoms in total. The lowest BCUT2D eigenvalue weighted by molar-refractivity contribution is -0.136. The zero-order valence-corrected chi connectivity index (χ0v) is 21.1. The van der Waals surface area contributed by atoms with Crippen LogP contribution in [0.15, 0.2) is 47.7 Å². The Morgan fingerprint density at radius 2 is 1.85 bits per heavy atom. The third-order valence-corrected chi connectivity index (χ3v) is 5.87. The Morgan fingerprint density at radius 1 is 1.12 bits per heavy atom. The van der Waals surface area contributed by atoms with E-state index in [0.717, 1.165) is 0 Å². The molecule has 0 radical (unpaired) electrons. The second-order valence-corrected chi connectivity index (χ2v) is 10.0. The van der Waals surface area contributed by atoms with Gasteiger partial charge in [-0.2, -0.15) is 0 Å². The maximum absolute atomic E-state index is 13.2. The number of carboxylic acid groups (broad SMARTS) is 1. The predicted molar refractivity (Wildman–Crippen MR) is 131 cm³/mol. The summed E-state index contributed by atoms with van der Waals surface area (Å²) in [7, 11) is 0. The predicted octanol–water partition coefficient (Wildman–Crippen LogP) is 5.35. The number of nitrogens with one attached hydrogen (secondary N) is 2. The highest BCUT2D eigenvalue weighted by Gasteiger charge is 2.39. The van der Waals surface area contributed by atoms with Gasteiger partial charge in [-0.15, -0.1) is 5.48 Å². The second kappa shape index (κ2) is 10.9. The van der Waals surface area contributed by atoms with Gasteiger partial charge in [-0.3, -0.25) is 9.59 Å². The molecule has 3 N–H and O–H groups in total. The first-order chi connectivity index (χ1) is 16.0. The molecule has 0 saturated carbocycles. The molecular weight excluding hydrogens is 503 g/mol. The summed E-state index contributed by atoms with van der Waals surface area (Å²) in [6.07, 6.45) is -0.150. The van der Waals surface area contributed by atoms with Gasteiger partial charge < -0.3 is 20.0 Å². The lowest BCUT2D eigenvalue weighted by Gasteiger charge is -2.20. The van der Waals surface area contributed by atoms with Gasteiger partial charge in [0.15, 0.2) is 0 Å². The molecule has 34 heavy (non-hydrogen) atoms. The third kappa shape index (κ3) is 6.36. The number of aliphatic carboxylic acids is 1. The Labute approximate surface area is 212 Å². The monoisotopic (exact) mass is 526 g/mol. The fourth-order valence-electron chi connectivity index (χ4n) is 3.48. The van der Waals surface area contributed by atoms with Crippen LogP contribution < -0.4 is 15.5 Å². The lowest BCUT2D eigenvalue weighted by atomic mass is 9.87. The number of hydrogen-bond donors (Lipinski definition) is 3. The van der Waals surface area contributed by atoms with E-state index in [0.29, 0.717) is 43.3 Å². The van der Waals surface area contributed by atoms with Crippen LogP contribution in [0.5, 0.6) is 5.75 Å². The zero-order chi connectivity index (χ0) is 25.0. The van der Waals surface area contributed by atoms with Crippen LogP contribution in [-0.2, 0) is 20.8 Å². The molecule has 1 aliphatic rings. The molecule has 1 heterocycles. The fraction of sp³-hybridized carbons (Fsp3) is 0.333. The van der Waals surface area contributed by atoms with Crippen molar-refractivity contribution < 1.29 is 24.3 Å². The number of hydroxylamine groups is 1. The van der Waals surface area contributed by atoms with Gasteiger partial charge in [0.05, 0.1) is 23.6 Å². The highest BCUT2D eigenvalue weighted by molar-refractivity contribution is 6.35. The molecule has 0 aliphatic carbocycles. The van der Waals surface area contributed by atoms with Gasteiger partial charge >= 0.3 is 5.97 Å². The minimum absolute atomic E-state index is 0.150. The number of carboxylic acids is 1. The largest absolute Gasteiger partial charge is 0.490 e. The van der Waals surface area contributed by atoms with E-state index < -0.39 is 17.4 Å². The van der Waals surface area contributed by atoms with Gasteiger partial charge in [0, 0.05) is 15.5 Å². The number of rotatable bonds is 8. The Bertz CT molecular complexity index is 1130. The maximum atomic E-state index is 13.2. The Hall–Kier alpha value is -2.45. The molecule has 3 rings (SSSR count). The normalized spacial score (nSPS) is 15.8. The van der Waals surface area contributed by atoms with Crippen LogP contribution >= 0.6 is 34.8 Å². The molecule has 0 fully saturated rings. The molecule has 182 valence electrons. The average Bonchev–Trinajstić information content (AvgIpc) is 3.17. The van der Waals surface area contributed by atoms with Crippen molar-refractivity contribution in [1.29, 1.82) is 0 Å². The van der Waals surface area contributed by atoms with E-state index in [4.69, 9.17) is 49.5 Å². The van der Waals surface area contributed by atoms with Crippen molar-refractivity contribution in [1.82, 2.24) is 10.8 Å². The smallest absolute Gasteiger partial charge is 0.307 e.